The van der Waals surface area contributed by atoms with E-state index in [0.717, 1.165) is 17.2 Å². The third kappa shape index (κ3) is 2.73. The number of aryl methyl sites for hydroxylation is 2. The van der Waals surface area contributed by atoms with Crippen molar-refractivity contribution >= 4 is 11.3 Å². The van der Waals surface area contributed by atoms with Crippen LogP contribution in [-0.4, -0.2) is 11.5 Å². The summed E-state index contributed by atoms with van der Waals surface area (Å²) >= 11 is 1.78. The first-order chi connectivity index (χ1) is 8.22. The summed E-state index contributed by atoms with van der Waals surface area (Å²) < 4.78 is 0. The maximum Gasteiger partial charge on any atom is 0.0900 e. The van der Waals surface area contributed by atoms with Crippen molar-refractivity contribution in [1.29, 1.82) is 0 Å². The van der Waals surface area contributed by atoms with Crippen LogP contribution in [0.3, 0.4) is 0 Å². The fourth-order valence-electron chi connectivity index (χ4n) is 2.03. The predicted octanol–water partition coefficient (Wildman–Crippen LogP) is 3.46. The fourth-order valence-corrected chi connectivity index (χ4v) is 3.06. The van der Waals surface area contributed by atoms with Crippen molar-refractivity contribution in [2.45, 2.75) is 26.8 Å². The van der Waals surface area contributed by atoms with E-state index in [1.807, 2.05) is 0 Å². The number of benzene rings is 1. The molecule has 1 aromatic carbocycles. The van der Waals surface area contributed by atoms with Gasteiger partial charge in [-0.1, -0.05) is 37.3 Å². The molecule has 0 fully saturated rings. The van der Waals surface area contributed by atoms with E-state index in [0.29, 0.717) is 0 Å². The minimum Gasteiger partial charge on any atom is -0.306 e. The second kappa shape index (κ2) is 5.43. The molecule has 0 aliphatic heterocycles. The lowest BCUT2D eigenvalue weighted by molar-refractivity contribution is 0.635. The lowest BCUT2D eigenvalue weighted by atomic mass is 10.0. The summed E-state index contributed by atoms with van der Waals surface area (Å²) in [7, 11) is 0. The lowest BCUT2D eigenvalue weighted by Crippen LogP contribution is -2.21. The highest BCUT2D eigenvalue weighted by atomic mass is 32.1. The molecule has 0 aliphatic rings. The molecule has 3 heteroatoms. The zero-order chi connectivity index (χ0) is 12.3. The Labute approximate surface area is 107 Å². The quantitative estimate of drug-likeness (QED) is 0.893. The van der Waals surface area contributed by atoms with Crippen LogP contribution in [0.2, 0.25) is 0 Å². The van der Waals surface area contributed by atoms with Crippen LogP contribution < -0.4 is 5.32 Å². The predicted molar refractivity (Wildman–Crippen MR) is 73.5 cm³/mol. The minimum atomic E-state index is 0.271. The molecule has 2 aromatic rings. The van der Waals surface area contributed by atoms with Crippen LogP contribution in [0.15, 0.2) is 30.3 Å². The van der Waals surface area contributed by atoms with Gasteiger partial charge in [0.1, 0.15) is 0 Å². The van der Waals surface area contributed by atoms with Gasteiger partial charge >= 0.3 is 0 Å². The van der Waals surface area contributed by atoms with Gasteiger partial charge in [0.05, 0.1) is 16.7 Å². The van der Waals surface area contributed by atoms with Gasteiger partial charge in [-0.05, 0) is 26.0 Å². The van der Waals surface area contributed by atoms with Crippen LogP contribution in [0.5, 0.6) is 0 Å². The van der Waals surface area contributed by atoms with Gasteiger partial charge in [-0.3, -0.25) is 0 Å². The molecule has 1 N–H and O–H groups in total. The second-order valence-electron chi connectivity index (χ2n) is 4.08. The molecule has 1 unspecified atom stereocenters. The second-order valence-corrected chi connectivity index (χ2v) is 5.32. The highest BCUT2D eigenvalue weighted by Crippen LogP contribution is 2.29. The van der Waals surface area contributed by atoms with Gasteiger partial charge in [0.25, 0.3) is 0 Å². The molecule has 1 atom stereocenters. The van der Waals surface area contributed by atoms with Gasteiger partial charge in [-0.15, -0.1) is 11.3 Å². The lowest BCUT2D eigenvalue weighted by Gasteiger charge is -2.17. The average molecular weight is 246 g/mol. The molecule has 90 valence electrons. The molecule has 0 saturated heterocycles. The molecule has 0 amide bonds. The normalized spacial score (nSPS) is 12.6. The fraction of sp³-hybridized carbons (Fsp3) is 0.357. The molecular weight excluding hydrogens is 228 g/mol. The smallest absolute Gasteiger partial charge is 0.0900 e. The van der Waals surface area contributed by atoms with Gasteiger partial charge < -0.3 is 5.32 Å². The van der Waals surface area contributed by atoms with Crippen LogP contribution in [0.4, 0.5) is 0 Å². The summed E-state index contributed by atoms with van der Waals surface area (Å²) in [5.41, 5.74) is 2.45. The molecule has 0 spiro atoms. The number of nitrogens with zero attached hydrogens (tertiary/aromatic N) is 1. The largest absolute Gasteiger partial charge is 0.306 e. The van der Waals surface area contributed by atoms with E-state index >= 15 is 0 Å². The molecule has 17 heavy (non-hydrogen) atoms. The number of rotatable bonds is 4. The Morgan fingerprint density at radius 3 is 2.47 bits per heavy atom. The van der Waals surface area contributed by atoms with Crippen molar-refractivity contribution in [3.63, 3.8) is 0 Å². The summed E-state index contributed by atoms with van der Waals surface area (Å²) in [6.07, 6.45) is 0. The Kier molecular flexibility index (Phi) is 3.92. The number of nitrogens with one attached hydrogen (secondary N) is 1. The van der Waals surface area contributed by atoms with Crippen molar-refractivity contribution in [2.24, 2.45) is 0 Å². The van der Waals surface area contributed by atoms with Gasteiger partial charge in [-0.25, -0.2) is 4.98 Å². The molecule has 0 bridgehead atoms. The van der Waals surface area contributed by atoms with Crippen molar-refractivity contribution in [3.8, 4) is 0 Å². The van der Waals surface area contributed by atoms with E-state index in [2.05, 4.69) is 61.4 Å². The summed E-state index contributed by atoms with van der Waals surface area (Å²) in [5.74, 6) is 0. The highest BCUT2D eigenvalue weighted by molar-refractivity contribution is 7.11. The Morgan fingerprint density at radius 1 is 1.24 bits per heavy atom. The zero-order valence-electron chi connectivity index (χ0n) is 10.5. The highest BCUT2D eigenvalue weighted by Gasteiger charge is 2.17. The van der Waals surface area contributed by atoms with Gasteiger partial charge in [0, 0.05) is 4.88 Å². The molecule has 0 saturated carbocycles. The summed E-state index contributed by atoms with van der Waals surface area (Å²) in [4.78, 5) is 5.85. The van der Waals surface area contributed by atoms with Crippen molar-refractivity contribution in [2.75, 3.05) is 6.54 Å². The SMILES string of the molecule is CCNC(c1ccccc1)c1sc(C)nc1C. The molecule has 2 rings (SSSR count). The number of hydrogen-bond acceptors (Lipinski definition) is 3. The van der Waals surface area contributed by atoms with Gasteiger partial charge in [-0.2, -0.15) is 0 Å². The average Bonchev–Trinajstić information content (AvgIpc) is 2.66. The van der Waals surface area contributed by atoms with Crippen molar-refractivity contribution in [3.05, 3.63) is 51.5 Å². The topological polar surface area (TPSA) is 24.9 Å². The van der Waals surface area contributed by atoms with E-state index in [9.17, 15) is 0 Å². The minimum absolute atomic E-state index is 0.271. The summed E-state index contributed by atoms with van der Waals surface area (Å²) in [6.45, 7) is 7.25. The molecule has 0 aliphatic carbocycles. The van der Waals surface area contributed by atoms with Crippen LogP contribution in [0.25, 0.3) is 0 Å². The maximum atomic E-state index is 4.52. The van der Waals surface area contributed by atoms with E-state index in [-0.39, 0.29) is 6.04 Å². The molecule has 0 radical (unpaired) electrons. The monoisotopic (exact) mass is 246 g/mol. The van der Waals surface area contributed by atoms with Crippen molar-refractivity contribution in [1.82, 2.24) is 10.3 Å². The number of hydrogen-bond donors (Lipinski definition) is 1. The first kappa shape index (κ1) is 12.3. The Morgan fingerprint density at radius 2 is 1.94 bits per heavy atom. The standard InChI is InChI=1S/C14H18N2S/c1-4-15-13(12-8-6-5-7-9-12)14-10(2)16-11(3)17-14/h5-9,13,15H,4H2,1-3H3. The van der Waals surface area contributed by atoms with E-state index in [1.165, 1.54) is 10.4 Å². The van der Waals surface area contributed by atoms with Crippen LogP contribution in [0.1, 0.15) is 34.1 Å². The Balaban J connectivity index is 2.39. The van der Waals surface area contributed by atoms with Crippen molar-refractivity contribution < 1.29 is 0 Å². The van der Waals surface area contributed by atoms with Crippen LogP contribution >= 0.6 is 11.3 Å². The summed E-state index contributed by atoms with van der Waals surface area (Å²) in [5, 5.41) is 4.68. The zero-order valence-corrected chi connectivity index (χ0v) is 11.3. The van der Waals surface area contributed by atoms with Crippen LogP contribution in [0, 0.1) is 13.8 Å². The van der Waals surface area contributed by atoms with Gasteiger partial charge in [0.15, 0.2) is 0 Å². The van der Waals surface area contributed by atoms with E-state index in [1.54, 1.807) is 11.3 Å². The maximum absolute atomic E-state index is 4.52. The summed E-state index contributed by atoms with van der Waals surface area (Å²) in [6, 6.07) is 10.8. The first-order valence-electron chi connectivity index (χ1n) is 5.94. The molecular formula is C14H18N2S. The van der Waals surface area contributed by atoms with Gasteiger partial charge in [0.2, 0.25) is 0 Å². The number of thiazole rings is 1. The van der Waals surface area contributed by atoms with E-state index in [4.69, 9.17) is 0 Å². The Hall–Kier alpha value is -1.19. The van der Waals surface area contributed by atoms with Crippen LogP contribution in [-0.2, 0) is 0 Å². The number of aromatic nitrogens is 1. The van der Waals surface area contributed by atoms with E-state index < -0.39 is 0 Å². The first-order valence-corrected chi connectivity index (χ1v) is 6.76. The Bertz CT molecular complexity index is 476. The molecule has 1 aromatic heterocycles. The molecule has 2 nitrogen and oxygen atoms in total. The third-order valence-electron chi connectivity index (χ3n) is 2.74. The molecule has 1 heterocycles. The third-order valence-corrected chi connectivity index (χ3v) is 3.88.